The number of amides is 1. The van der Waals surface area contributed by atoms with Crippen molar-refractivity contribution in [3.8, 4) is 0 Å². The third-order valence-electron chi connectivity index (χ3n) is 3.49. The summed E-state index contributed by atoms with van der Waals surface area (Å²) in [7, 11) is -4.55. The average molecular weight is 296 g/mol. The molecule has 106 valence electrons. The van der Waals surface area contributed by atoms with Crippen molar-refractivity contribution in [2.45, 2.75) is 6.42 Å². The van der Waals surface area contributed by atoms with Gasteiger partial charge >= 0.3 is 10.2 Å². The topological polar surface area (TPSA) is 70.2 Å². The molecule has 2 heterocycles. The van der Waals surface area contributed by atoms with Crippen LogP contribution in [0.25, 0.3) is 10.9 Å². The molecule has 0 saturated carbocycles. The normalized spacial score (nSPS) is 19.9. The van der Waals surface area contributed by atoms with Gasteiger partial charge in [-0.25, -0.2) is 0 Å². The second-order valence-corrected chi connectivity index (χ2v) is 6.44. The maximum absolute atomic E-state index is 12.7. The lowest BCUT2D eigenvalue weighted by atomic mass is 10.1. The standard InChI is InChI=1S/C13H13FN2O3S/c14-20(18,19)8-9-5-13(17)16(7-9)11-1-2-12-10(6-11)3-4-15-12/h1-4,6,9,15H,5,7-8H2. The number of aromatic amines is 1. The van der Waals surface area contributed by atoms with Crippen LogP contribution in [0.3, 0.4) is 0 Å². The van der Waals surface area contributed by atoms with Crippen LogP contribution >= 0.6 is 0 Å². The quantitative estimate of drug-likeness (QED) is 0.878. The first-order chi connectivity index (χ1) is 9.42. The van der Waals surface area contributed by atoms with Crippen molar-refractivity contribution in [1.82, 2.24) is 4.98 Å². The van der Waals surface area contributed by atoms with Crippen LogP contribution in [0.1, 0.15) is 6.42 Å². The molecule has 1 N–H and O–H groups in total. The van der Waals surface area contributed by atoms with Gasteiger partial charge in [-0.3, -0.25) is 4.79 Å². The summed E-state index contributed by atoms with van der Waals surface area (Å²) < 4.78 is 34.1. The van der Waals surface area contributed by atoms with Gasteiger partial charge in [-0.2, -0.15) is 8.42 Å². The largest absolute Gasteiger partial charge is 0.361 e. The van der Waals surface area contributed by atoms with Gasteiger partial charge in [0.25, 0.3) is 0 Å². The summed E-state index contributed by atoms with van der Waals surface area (Å²) in [5, 5.41) is 0.969. The predicted molar refractivity (Wildman–Crippen MR) is 73.7 cm³/mol. The zero-order valence-corrected chi connectivity index (χ0v) is 11.4. The molecule has 0 spiro atoms. The lowest BCUT2D eigenvalue weighted by Gasteiger charge is -2.16. The monoisotopic (exact) mass is 296 g/mol. The molecular weight excluding hydrogens is 283 g/mol. The van der Waals surface area contributed by atoms with E-state index in [4.69, 9.17) is 0 Å². The van der Waals surface area contributed by atoms with Gasteiger partial charge in [0.05, 0.1) is 5.75 Å². The van der Waals surface area contributed by atoms with E-state index in [-0.39, 0.29) is 18.9 Å². The fourth-order valence-electron chi connectivity index (χ4n) is 2.63. The van der Waals surface area contributed by atoms with Crippen LogP contribution in [-0.4, -0.2) is 31.6 Å². The number of nitrogens with zero attached hydrogens (tertiary/aromatic N) is 1. The zero-order valence-electron chi connectivity index (χ0n) is 10.5. The molecule has 1 atom stereocenters. The molecule has 1 saturated heterocycles. The Kier molecular flexibility index (Phi) is 3.01. The Morgan fingerprint density at radius 3 is 2.90 bits per heavy atom. The maximum atomic E-state index is 12.7. The number of halogens is 1. The summed E-state index contributed by atoms with van der Waals surface area (Å²) in [6.07, 6.45) is 1.87. The Balaban J connectivity index is 1.85. The summed E-state index contributed by atoms with van der Waals surface area (Å²) in [5.41, 5.74) is 1.67. The maximum Gasteiger partial charge on any atom is 0.302 e. The van der Waals surface area contributed by atoms with Gasteiger partial charge in [-0.05, 0) is 24.3 Å². The van der Waals surface area contributed by atoms with Gasteiger partial charge in [0.1, 0.15) is 0 Å². The lowest BCUT2D eigenvalue weighted by molar-refractivity contribution is -0.117. The van der Waals surface area contributed by atoms with E-state index < -0.39 is 21.9 Å². The van der Waals surface area contributed by atoms with E-state index in [2.05, 4.69) is 4.98 Å². The van der Waals surface area contributed by atoms with Crippen molar-refractivity contribution in [3.63, 3.8) is 0 Å². The number of carbonyl (C=O) groups is 1. The molecule has 0 aliphatic carbocycles. The highest BCUT2D eigenvalue weighted by Crippen LogP contribution is 2.28. The number of rotatable bonds is 3. The fourth-order valence-corrected chi connectivity index (χ4v) is 3.42. The van der Waals surface area contributed by atoms with E-state index in [9.17, 15) is 17.1 Å². The molecule has 1 unspecified atom stereocenters. The van der Waals surface area contributed by atoms with E-state index in [1.54, 1.807) is 12.3 Å². The van der Waals surface area contributed by atoms with Crippen LogP contribution in [0.2, 0.25) is 0 Å². The molecule has 1 aromatic heterocycles. The molecule has 20 heavy (non-hydrogen) atoms. The molecule has 2 aromatic rings. The zero-order chi connectivity index (χ0) is 14.3. The summed E-state index contributed by atoms with van der Waals surface area (Å²) in [6, 6.07) is 7.40. The number of H-pyrrole nitrogens is 1. The Bertz CT molecular complexity index is 769. The summed E-state index contributed by atoms with van der Waals surface area (Å²) in [4.78, 5) is 16.5. The number of hydrogen-bond acceptors (Lipinski definition) is 3. The third kappa shape index (κ3) is 2.53. The first-order valence-corrected chi connectivity index (χ1v) is 7.77. The summed E-state index contributed by atoms with van der Waals surface area (Å²) in [6.45, 7) is 0.234. The first-order valence-electron chi connectivity index (χ1n) is 6.22. The number of nitrogens with one attached hydrogen (secondary N) is 1. The number of fused-ring (bicyclic) bond motifs is 1. The van der Waals surface area contributed by atoms with Crippen molar-refractivity contribution in [1.29, 1.82) is 0 Å². The van der Waals surface area contributed by atoms with E-state index >= 15 is 0 Å². The smallest absolute Gasteiger partial charge is 0.302 e. The lowest BCUT2D eigenvalue weighted by Crippen LogP contribution is -2.25. The number of benzene rings is 1. The molecule has 1 amide bonds. The molecule has 3 rings (SSSR count). The van der Waals surface area contributed by atoms with E-state index in [1.807, 2.05) is 18.2 Å². The average Bonchev–Trinajstić information content (AvgIpc) is 2.92. The van der Waals surface area contributed by atoms with Crippen LogP contribution in [0.5, 0.6) is 0 Å². The van der Waals surface area contributed by atoms with E-state index in [1.165, 1.54) is 4.90 Å². The SMILES string of the molecule is O=C1CC(CS(=O)(=O)F)CN1c1ccc2[nH]ccc2c1. The first kappa shape index (κ1) is 13.1. The number of carbonyl (C=O) groups excluding carboxylic acids is 1. The Hall–Kier alpha value is -1.89. The van der Waals surface area contributed by atoms with Crippen molar-refractivity contribution in [2.75, 3.05) is 17.2 Å². The number of aromatic nitrogens is 1. The number of hydrogen-bond donors (Lipinski definition) is 1. The molecule has 1 fully saturated rings. The molecule has 1 aliphatic rings. The summed E-state index contributed by atoms with van der Waals surface area (Å²) in [5.74, 6) is -1.25. The molecule has 0 radical (unpaired) electrons. The van der Waals surface area contributed by atoms with Crippen molar-refractivity contribution in [2.24, 2.45) is 5.92 Å². The van der Waals surface area contributed by atoms with Gasteiger partial charge in [0, 0.05) is 41.7 Å². The van der Waals surface area contributed by atoms with Crippen LogP contribution in [-0.2, 0) is 15.0 Å². The van der Waals surface area contributed by atoms with Gasteiger partial charge < -0.3 is 9.88 Å². The molecular formula is C13H13FN2O3S. The second kappa shape index (κ2) is 4.59. The van der Waals surface area contributed by atoms with Crippen molar-refractivity contribution >= 4 is 32.7 Å². The van der Waals surface area contributed by atoms with Gasteiger partial charge in [0.2, 0.25) is 5.91 Å². The summed E-state index contributed by atoms with van der Waals surface area (Å²) >= 11 is 0. The highest BCUT2D eigenvalue weighted by Gasteiger charge is 2.33. The molecule has 1 aliphatic heterocycles. The predicted octanol–water partition coefficient (Wildman–Crippen LogP) is 1.82. The minimum Gasteiger partial charge on any atom is -0.361 e. The van der Waals surface area contributed by atoms with Crippen molar-refractivity contribution in [3.05, 3.63) is 30.5 Å². The van der Waals surface area contributed by atoms with Crippen LogP contribution < -0.4 is 4.90 Å². The number of anilines is 1. The minimum absolute atomic E-state index is 0.0638. The Morgan fingerprint density at radius 1 is 1.35 bits per heavy atom. The van der Waals surface area contributed by atoms with Crippen LogP contribution in [0, 0.1) is 5.92 Å². The highest BCUT2D eigenvalue weighted by atomic mass is 32.3. The molecule has 5 nitrogen and oxygen atoms in total. The third-order valence-corrected chi connectivity index (χ3v) is 4.36. The second-order valence-electron chi connectivity index (χ2n) is 5.03. The fraction of sp³-hybridized carbons (Fsp3) is 0.308. The van der Waals surface area contributed by atoms with Gasteiger partial charge in [-0.1, -0.05) is 0 Å². The molecule has 1 aromatic carbocycles. The molecule has 7 heteroatoms. The Labute approximate surface area is 115 Å². The van der Waals surface area contributed by atoms with E-state index in [0.29, 0.717) is 5.69 Å². The van der Waals surface area contributed by atoms with Crippen LogP contribution in [0.15, 0.2) is 30.5 Å². The van der Waals surface area contributed by atoms with Gasteiger partial charge in [-0.15, -0.1) is 3.89 Å². The van der Waals surface area contributed by atoms with E-state index in [0.717, 1.165) is 10.9 Å². The highest BCUT2D eigenvalue weighted by molar-refractivity contribution is 7.86. The minimum atomic E-state index is -4.55. The molecule has 0 bridgehead atoms. The van der Waals surface area contributed by atoms with Gasteiger partial charge in [0.15, 0.2) is 0 Å². The van der Waals surface area contributed by atoms with Crippen LogP contribution in [0.4, 0.5) is 9.57 Å². The Morgan fingerprint density at radius 2 is 2.15 bits per heavy atom. The van der Waals surface area contributed by atoms with Crippen molar-refractivity contribution < 1.29 is 17.1 Å².